The van der Waals surface area contributed by atoms with Gasteiger partial charge in [-0.3, -0.25) is 4.79 Å². The fourth-order valence-corrected chi connectivity index (χ4v) is 7.61. The molecule has 3 saturated carbocycles. The summed E-state index contributed by atoms with van der Waals surface area (Å²) in [6.45, 7) is 8.52. The Bertz CT molecular complexity index is 1410. The first kappa shape index (κ1) is 30.1. The van der Waals surface area contributed by atoms with Crippen LogP contribution in [0.4, 0.5) is 23.2 Å². The first-order chi connectivity index (χ1) is 20.5. The van der Waals surface area contributed by atoms with Crippen LogP contribution in [0, 0.1) is 23.7 Å². The lowest BCUT2D eigenvalue weighted by Gasteiger charge is -2.54. The first-order valence-electron chi connectivity index (χ1n) is 15.6. The molecular weight excluding hydrogens is 558 g/mol. The van der Waals surface area contributed by atoms with E-state index in [-0.39, 0.29) is 30.1 Å². The molecule has 2 heterocycles. The quantitative estimate of drug-likeness (QED) is 0.287. The van der Waals surface area contributed by atoms with Gasteiger partial charge in [0.1, 0.15) is 12.2 Å². The molecule has 1 saturated heterocycles. The third kappa shape index (κ3) is 6.05. The zero-order chi connectivity index (χ0) is 30.5. The number of rotatable bonds is 9. The van der Waals surface area contributed by atoms with Crippen LogP contribution in [-0.2, 0) is 4.79 Å². The Labute approximate surface area is 250 Å². The third-order valence-electron chi connectivity index (χ3n) is 10.1. The Morgan fingerprint density at radius 3 is 2.72 bits per heavy atom. The summed E-state index contributed by atoms with van der Waals surface area (Å²) in [6.07, 6.45) is 3.47. The van der Waals surface area contributed by atoms with E-state index in [2.05, 4.69) is 39.6 Å². The highest BCUT2D eigenvalue weighted by Crippen LogP contribution is 2.54. The molecule has 4 fully saturated rings. The molecule has 10 heteroatoms. The summed E-state index contributed by atoms with van der Waals surface area (Å²) in [5.41, 5.74) is 2.84. The molecular formula is C33H41F4N5O. The number of carbonyl (C=O) groups excluding carboxylic acids is 1. The lowest BCUT2D eigenvalue weighted by atomic mass is 9.53. The van der Waals surface area contributed by atoms with E-state index in [4.69, 9.17) is 0 Å². The van der Waals surface area contributed by atoms with E-state index < -0.39 is 24.0 Å². The molecule has 0 radical (unpaired) electrons. The van der Waals surface area contributed by atoms with Crippen LogP contribution in [0.15, 0.2) is 36.9 Å². The maximum Gasteiger partial charge on any atom is 0.417 e. The van der Waals surface area contributed by atoms with Crippen molar-refractivity contribution in [3.63, 3.8) is 0 Å². The summed E-state index contributed by atoms with van der Waals surface area (Å²) in [7, 11) is 0. The minimum atomic E-state index is -4.67. The Balaban J connectivity index is 1.22. The van der Waals surface area contributed by atoms with Gasteiger partial charge in [0.05, 0.1) is 23.0 Å². The van der Waals surface area contributed by atoms with Crippen LogP contribution < -0.4 is 16.1 Å². The minimum Gasteiger partial charge on any atom is -0.379 e. The van der Waals surface area contributed by atoms with E-state index in [1.807, 2.05) is 6.92 Å². The molecule has 1 aromatic carbocycles. The number of halogens is 4. The van der Waals surface area contributed by atoms with E-state index in [0.717, 1.165) is 38.6 Å². The lowest BCUT2D eigenvalue weighted by Crippen LogP contribution is -2.54. The van der Waals surface area contributed by atoms with Gasteiger partial charge in [-0.05, 0) is 74.0 Å². The van der Waals surface area contributed by atoms with Gasteiger partial charge < -0.3 is 10.6 Å². The average Bonchev–Trinajstić information content (AvgIpc) is 3.70. The van der Waals surface area contributed by atoms with Crippen LogP contribution in [0.5, 0.6) is 0 Å². The van der Waals surface area contributed by atoms with E-state index in [1.54, 1.807) is 36.4 Å². The number of anilines is 1. The highest BCUT2D eigenvalue weighted by molar-refractivity contribution is 6.01. The molecule has 3 aliphatic carbocycles. The molecule has 232 valence electrons. The van der Waals surface area contributed by atoms with Gasteiger partial charge in [-0.2, -0.15) is 13.2 Å². The smallest absolute Gasteiger partial charge is 0.379 e. The number of benzene rings is 1. The average molecular weight is 600 g/mol. The van der Waals surface area contributed by atoms with E-state index in [9.17, 15) is 18.0 Å². The van der Waals surface area contributed by atoms with Crippen molar-refractivity contribution in [1.82, 2.24) is 20.7 Å². The second-order valence-electron chi connectivity index (χ2n) is 12.8. The fourth-order valence-electron chi connectivity index (χ4n) is 7.61. The summed E-state index contributed by atoms with van der Waals surface area (Å²) in [4.78, 5) is 16.9. The number of pyridine rings is 1. The van der Waals surface area contributed by atoms with Crippen molar-refractivity contribution < 1.29 is 22.4 Å². The highest BCUT2D eigenvalue weighted by atomic mass is 19.4. The van der Waals surface area contributed by atoms with E-state index in [1.165, 1.54) is 0 Å². The predicted molar refractivity (Wildman–Crippen MR) is 162 cm³/mol. The van der Waals surface area contributed by atoms with Gasteiger partial charge >= 0.3 is 6.18 Å². The van der Waals surface area contributed by atoms with Gasteiger partial charge in [0.15, 0.2) is 0 Å². The number of carbonyl (C=O) groups is 1. The van der Waals surface area contributed by atoms with E-state index in [0.29, 0.717) is 52.4 Å². The Kier molecular flexibility index (Phi) is 8.28. The molecule has 1 aliphatic heterocycles. The van der Waals surface area contributed by atoms with Crippen LogP contribution >= 0.6 is 0 Å². The van der Waals surface area contributed by atoms with Gasteiger partial charge in [0.2, 0.25) is 5.91 Å². The molecule has 0 spiro atoms. The number of allylic oxidation sites excluding steroid dienone is 1. The van der Waals surface area contributed by atoms with Crippen molar-refractivity contribution in [2.75, 3.05) is 18.4 Å². The van der Waals surface area contributed by atoms with Crippen molar-refractivity contribution in [1.29, 1.82) is 0 Å². The summed E-state index contributed by atoms with van der Waals surface area (Å²) < 4.78 is 57.3. The first-order valence-corrected chi connectivity index (χ1v) is 15.6. The van der Waals surface area contributed by atoms with Crippen molar-refractivity contribution in [2.45, 2.75) is 82.8 Å². The number of amides is 1. The number of nitrogens with zero attached hydrogens (tertiary/aromatic N) is 2. The summed E-state index contributed by atoms with van der Waals surface area (Å²) in [6, 6.07) is 6.59. The number of alkyl halides is 4. The lowest BCUT2D eigenvalue weighted by molar-refractivity contribution is -0.123. The van der Waals surface area contributed by atoms with Crippen molar-refractivity contribution in [3.8, 4) is 0 Å². The normalized spacial score (nSPS) is 31.2. The topological polar surface area (TPSA) is 69.3 Å². The number of hydrogen-bond donors (Lipinski definition) is 3. The molecule has 4 unspecified atom stereocenters. The number of hydrazine groups is 1. The summed E-state index contributed by atoms with van der Waals surface area (Å²) in [5, 5.41) is 9.21. The monoisotopic (exact) mass is 599 g/mol. The molecule has 43 heavy (non-hydrogen) atoms. The molecule has 6 rings (SSSR count). The molecule has 2 aromatic rings. The predicted octanol–water partition coefficient (Wildman–Crippen LogP) is 6.50. The molecule has 1 amide bonds. The van der Waals surface area contributed by atoms with Crippen LogP contribution in [-0.4, -0.2) is 59.5 Å². The van der Waals surface area contributed by atoms with Crippen LogP contribution in [0.1, 0.15) is 63.8 Å². The summed E-state index contributed by atoms with van der Waals surface area (Å²) >= 11 is 0. The highest BCUT2D eigenvalue weighted by Gasteiger charge is 2.51. The standard InChI is InChI=1S/C33H41F4N5O/c1-4-20-15-21-16-28(30(34)18(2)29(20)21)40-26-9-5-8-24-25(26)17-22(39-31(24)19(3)33(35,36)37)7-6-13-38-32(43)27-12-14-42(41-27)23-10-11-23/h5-9,17-18,20-21,23,27-30,40-41H,3-4,10-16H2,1-2H3,(H,38,43)/b7-6+/t18?,20?,21-,27?,28-,29?,30+/m1/s1. The largest absolute Gasteiger partial charge is 0.417 e. The van der Waals surface area contributed by atoms with Gasteiger partial charge in [-0.1, -0.05) is 45.1 Å². The van der Waals surface area contributed by atoms with Crippen LogP contribution in [0.2, 0.25) is 0 Å². The Morgan fingerprint density at radius 2 is 2.00 bits per heavy atom. The Morgan fingerprint density at radius 1 is 1.21 bits per heavy atom. The molecule has 6 nitrogen and oxygen atoms in total. The number of nitrogens with one attached hydrogen (secondary N) is 3. The maximum atomic E-state index is 15.7. The van der Waals surface area contributed by atoms with Gasteiger partial charge in [0, 0.05) is 35.6 Å². The van der Waals surface area contributed by atoms with Crippen LogP contribution in [0.3, 0.4) is 0 Å². The maximum absolute atomic E-state index is 15.7. The molecule has 4 aliphatic rings. The zero-order valence-electron chi connectivity index (χ0n) is 24.8. The second-order valence-corrected chi connectivity index (χ2v) is 12.8. The molecule has 3 N–H and O–H groups in total. The number of hydrogen-bond acceptors (Lipinski definition) is 5. The van der Waals surface area contributed by atoms with Crippen molar-refractivity contribution >= 4 is 34.0 Å². The van der Waals surface area contributed by atoms with E-state index >= 15 is 4.39 Å². The molecule has 7 atom stereocenters. The third-order valence-corrected chi connectivity index (χ3v) is 10.1. The zero-order valence-corrected chi connectivity index (χ0v) is 24.8. The number of aromatic nitrogens is 1. The van der Waals surface area contributed by atoms with Gasteiger partial charge in [0.25, 0.3) is 0 Å². The molecule has 0 bridgehead atoms. The van der Waals surface area contributed by atoms with Gasteiger partial charge in [-0.25, -0.2) is 19.8 Å². The summed E-state index contributed by atoms with van der Waals surface area (Å²) in [5.74, 6) is 1.25. The molecule has 1 aromatic heterocycles. The van der Waals surface area contributed by atoms with Gasteiger partial charge in [-0.15, -0.1) is 0 Å². The van der Waals surface area contributed by atoms with Crippen LogP contribution in [0.25, 0.3) is 22.4 Å². The SMILES string of the molecule is C=C(c1nc(/C=C/CNC(=O)C2CCN(C3CC3)N2)cc2c(N[C@@H]3C[C@H]4CC(CC)C4C(C)[C@@H]3F)cccc12)C(F)(F)F. The number of fused-ring (bicyclic) bond motifs is 2. The van der Waals surface area contributed by atoms with Crippen molar-refractivity contribution in [3.05, 3.63) is 48.3 Å². The Hall–Kier alpha value is -2.98. The second kappa shape index (κ2) is 11.8. The van der Waals surface area contributed by atoms with Crippen molar-refractivity contribution in [2.24, 2.45) is 23.7 Å². The minimum absolute atomic E-state index is 0.0721. The fraction of sp³-hybridized carbons (Fsp3) is 0.576.